The molecule has 1 aliphatic carbocycles. The smallest absolute Gasteiger partial charge is 0.227 e. The summed E-state index contributed by atoms with van der Waals surface area (Å²) >= 11 is 0. The second-order valence-corrected chi connectivity index (χ2v) is 6.50. The lowest BCUT2D eigenvalue weighted by molar-refractivity contribution is -0.137. The molecule has 4 nitrogen and oxygen atoms in total. The minimum Gasteiger partial charge on any atom is -0.342 e. The number of nitrogens with two attached hydrogens (primary N) is 1. The molecule has 3 fully saturated rings. The van der Waals surface area contributed by atoms with Gasteiger partial charge in [-0.25, -0.2) is 0 Å². The molecule has 19 heavy (non-hydrogen) atoms. The third kappa shape index (κ3) is 2.79. The molecule has 2 aliphatic heterocycles. The average Bonchev–Trinajstić information content (AvgIpc) is 3.09. The van der Waals surface area contributed by atoms with Crippen molar-refractivity contribution in [1.29, 1.82) is 0 Å². The summed E-state index contributed by atoms with van der Waals surface area (Å²) in [5, 5.41) is 0. The van der Waals surface area contributed by atoms with Crippen LogP contribution in [0.25, 0.3) is 0 Å². The zero-order valence-electron chi connectivity index (χ0n) is 11.9. The van der Waals surface area contributed by atoms with E-state index in [0.29, 0.717) is 5.91 Å². The van der Waals surface area contributed by atoms with E-state index in [1.807, 2.05) is 0 Å². The molecule has 3 aliphatic rings. The Balaban J connectivity index is 1.50. The standard InChI is InChI=1S/C15H27N3O/c16-14-5-3-4-13(14)15(19)18-10-6-12(7-11-18)17-8-1-2-9-17/h12-14H,1-11,16H2. The fraction of sp³-hybridized carbons (Fsp3) is 0.933. The molecule has 1 saturated carbocycles. The number of hydrogen-bond acceptors (Lipinski definition) is 3. The Labute approximate surface area is 116 Å². The van der Waals surface area contributed by atoms with Crippen molar-refractivity contribution in [2.45, 2.75) is 57.0 Å². The van der Waals surface area contributed by atoms with Gasteiger partial charge in [0.05, 0.1) is 5.92 Å². The fourth-order valence-corrected chi connectivity index (χ4v) is 4.09. The Bertz CT molecular complexity index is 319. The third-order valence-corrected chi connectivity index (χ3v) is 5.32. The van der Waals surface area contributed by atoms with E-state index in [0.717, 1.165) is 51.2 Å². The van der Waals surface area contributed by atoms with Crippen LogP contribution in [0.5, 0.6) is 0 Å². The summed E-state index contributed by atoms with van der Waals surface area (Å²) in [5.41, 5.74) is 6.06. The van der Waals surface area contributed by atoms with Gasteiger partial charge in [-0.1, -0.05) is 6.42 Å². The van der Waals surface area contributed by atoms with Crippen LogP contribution in [0.2, 0.25) is 0 Å². The van der Waals surface area contributed by atoms with Crippen molar-refractivity contribution in [2.24, 2.45) is 11.7 Å². The minimum absolute atomic E-state index is 0.114. The third-order valence-electron chi connectivity index (χ3n) is 5.32. The number of rotatable bonds is 2. The van der Waals surface area contributed by atoms with Crippen LogP contribution in [0.4, 0.5) is 0 Å². The maximum absolute atomic E-state index is 12.5. The lowest BCUT2D eigenvalue weighted by Gasteiger charge is -2.38. The van der Waals surface area contributed by atoms with Crippen LogP contribution >= 0.6 is 0 Å². The first-order valence-electron chi connectivity index (χ1n) is 8.04. The van der Waals surface area contributed by atoms with Gasteiger partial charge in [0.1, 0.15) is 0 Å². The Hall–Kier alpha value is -0.610. The monoisotopic (exact) mass is 265 g/mol. The van der Waals surface area contributed by atoms with Gasteiger partial charge in [0, 0.05) is 25.2 Å². The Morgan fingerprint density at radius 2 is 1.58 bits per heavy atom. The summed E-state index contributed by atoms with van der Waals surface area (Å²) in [7, 11) is 0. The maximum atomic E-state index is 12.5. The summed E-state index contributed by atoms with van der Waals surface area (Å²) in [6, 6.07) is 0.840. The van der Waals surface area contributed by atoms with Crippen LogP contribution < -0.4 is 5.73 Å². The highest BCUT2D eigenvalue weighted by atomic mass is 16.2. The van der Waals surface area contributed by atoms with E-state index in [1.165, 1.54) is 25.9 Å². The molecule has 0 spiro atoms. The van der Waals surface area contributed by atoms with Gasteiger partial charge < -0.3 is 15.5 Å². The fourth-order valence-electron chi connectivity index (χ4n) is 4.09. The molecular formula is C15H27N3O. The number of likely N-dealkylation sites (tertiary alicyclic amines) is 2. The largest absolute Gasteiger partial charge is 0.342 e. The van der Waals surface area contributed by atoms with Crippen molar-refractivity contribution >= 4 is 5.91 Å². The van der Waals surface area contributed by atoms with Crippen LogP contribution in [0.1, 0.15) is 44.9 Å². The highest BCUT2D eigenvalue weighted by Gasteiger charge is 2.35. The quantitative estimate of drug-likeness (QED) is 0.816. The molecule has 2 heterocycles. The first kappa shape index (κ1) is 13.4. The Morgan fingerprint density at radius 3 is 2.16 bits per heavy atom. The summed E-state index contributed by atoms with van der Waals surface area (Å²) < 4.78 is 0. The maximum Gasteiger partial charge on any atom is 0.227 e. The molecule has 4 heteroatoms. The number of hydrogen-bond donors (Lipinski definition) is 1. The van der Waals surface area contributed by atoms with Crippen molar-refractivity contribution in [3.63, 3.8) is 0 Å². The number of nitrogens with zero attached hydrogens (tertiary/aromatic N) is 2. The average molecular weight is 265 g/mol. The van der Waals surface area contributed by atoms with E-state index in [2.05, 4.69) is 9.80 Å². The minimum atomic E-state index is 0.114. The highest BCUT2D eigenvalue weighted by molar-refractivity contribution is 5.80. The van der Waals surface area contributed by atoms with Crippen molar-refractivity contribution < 1.29 is 4.79 Å². The van der Waals surface area contributed by atoms with Crippen molar-refractivity contribution in [2.75, 3.05) is 26.2 Å². The SMILES string of the molecule is NC1CCCC1C(=O)N1CCC(N2CCCC2)CC1. The second kappa shape index (κ2) is 5.80. The van der Waals surface area contributed by atoms with Gasteiger partial charge in [-0.05, 0) is 51.6 Å². The van der Waals surface area contributed by atoms with Gasteiger partial charge in [0.15, 0.2) is 0 Å². The van der Waals surface area contributed by atoms with E-state index in [4.69, 9.17) is 5.73 Å². The van der Waals surface area contributed by atoms with Crippen molar-refractivity contribution in [3.8, 4) is 0 Å². The van der Waals surface area contributed by atoms with E-state index in [1.54, 1.807) is 0 Å². The molecule has 3 rings (SSSR count). The van der Waals surface area contributed by atoms with Gasteiger partial charge in [0.2, 0.25) is 5.91 Å². The zero-order chi connectivity index (χ0) is 13.2. The molecule has 108 valence electrons. The molecule has 2 N–H and O–H groups in total. The predicted octanol–water partition coefficient (Wildman–Crippen LogP) is 1.20. The number of amides is 1. The normalized spacial score (nSPS) is 34.1. The van der Waals surface area contributed by atoms with Gasteiger partial charge >= 0.3 is 0 Å². The molecule has 2 saturated heterocycles. The lowest BCUT2D eigenvalue weighted by Crippen LogP contribution is -2.49. The zero-order valence-corrected chi connectivity index (χ0v) is 11.9. The number of carbonyl (C=O) groups is 1. The lowest BCUT2D eigenvalue weighted by atomic mass is 9.98. The summed E-state index contributed by atoms with van der Waals surface area (Å²) in [5.74, 6) is 0.452. The van der Waals surface area contributed by atoms with Crippen molar-refractivity contribution in [3.05, 3.63) is 0 Å². The molecule has 2 unspecified atom stereocenters. The van der Waals surface area contributed by atoms with E-state index in [-0.39, 0.29) is 12.0 Å². The highest BCUT2D eigenvalue weighted by Crippen LogP contribution is 2.28. The van der Waals surface area contributed by atoms with Crippen LogP contribution in [0.15, 0.2) is 0 Å². The summed E-state index contributed by atoms with van der Waals surface area (Å²) in [4.78, 5) is 17.2. The molecule has 0 radical (unpaired) electrons. The van der Waals surface area contributed by atoms with Gasteiger partial charge in [-0.3, -0.25) is 4.79 Å². The molecule has 0 bridgehead atoms. The van der Waals surface area contributed by atoms with Gasteiger partial charge in [0.25, 0.3) is 0 Å². The van der Waals surface area contributed by atoms with Gasteiger partial charge in [-0.15, -0.1) is 0 Å². The van der Waals surface area contributed by atoms with E-state index in [9.17, 15) is 4.79 Å². The molecule has 0 aromatic rings. The van der Waals surface area contributed by atoms with Crippen molar-refractivity contribution in [1.82, 2.24) is 9.80 Å². The molecule has 0 aromatic heterocycles. The van der Waals surface area contributed by atoms with Crippen LogP contribution in [-0.2, 0) is 4.79 Å². The van der Waals surface area contributed by atoms with E-state index < -0.39 is 0 Å². The molecule has 1 amide bonds. The van der Waals surface area contributed by atoms with Crippen LogP contribution in [0.3, 0.4) is 0 Å². The predicted molar refractivity (Wildman–Crippen MR) is 75.7 cm³/mol. The molecule has 2 atom stereocenters. The summed E-state index contributed by atoms with van der Waals surface area (Å²) in [6.07, 6.45) is 8.20. The molecule has 0 aromatic carbocycles. The Morgan fingerprint density at radius 1 is 0.895 bits per heavy atom. The first-order chi connectivity index (χ1) is 9.25. The number of carbonyl (C=O) groups excluding carboxylic acids is 1. The first-order valence-corrected chi connectivity index (χ1v) is 8.04. The van der Waals surface area contributed by atoms with Crippen LogP contribution in [0, 0.1) is 5.92 Å². The topological polar surface area (TPSA) is 49.6 Å². The van der Waals surface area contributed by atoms with Crippen LogP contribution in [-0.4, -0.2) is 54.0 Å². The number of piperidine rings is 1. The second-order valence-electron chi connectivity index (χ2n) is 6.50. The van der Waals surface area contributed by atoms with E-state index >= 15 is 0 Å². The van der Waals surface area contributed by atoms with Gasteiger partial charge in [-0.2, -0.15) is 0 Å². The molecular weight excluding hydrogens is 238 g/mol. The summed E-state index contributed by atoms with van der Waals surface area (Å²) in [6.45, 7) is 4.44. The Kier molecular flexibility index (Phi) is 4.08.